The number of pyridine rings is 1. The second kappa shape index (κ2) is 17.2. The third-order valence-corrected chi connectivity index (χ3v) is 7.49. The maximum atomic E-state index is 12.8. The van der Waals surface area contributed by atoms with Crippen molar-refractivity contribution in [1.29, 1.82) is 0 Å². The molecular weight excluding hydrogens is 506 g/mol. The van der Waals surface area contributed by atoms with E-state index in [1.165, 1.54) is 38.5 Å². The van der Waals surface area contributed by atoms with Crippen molar-refractivity contribution in [1.82, 2.24) is 15.6 Å². The van der Waals surface area contributed by atoms with E-state index in [1.54, 1.807) is 24.5 Å². The van der Waals surface area contributed by atoms with Crippen molar-refractivity contribution in [2.45, 2.75) is 83.1 Å². The van der Waals surface area contributed by atoms with Crippen molar-refractivity contribution >= 4 is 23.4 Å². The molecule has 1 aliphatic rings. The maximum absolute atomic E-state index is 12.8. The summed E-state index contributed by atoms with van der Waals surface area (Å²) in [6.45, 7) is 0.0554. The number of aliphatic carboxylic acids is 1. The third kappa shape index (κ3) is 10.6. The molecule has 2 aromatic rings. The van der Waals surface area contributed by atoms with Gasteiger partial charge in [0.1, 0.15) is 6.04 Å². The molecule has 2 amide bonds. The fourth-order valence-electron chi connectivity index (χ4n) is 5.20. The number of hydrogen-bond acceptors (Lipinski definition) is 5. The van der Waals surface area contributed by atoms with E-state index < -0.39 is 24.5 Å². The highest BCUT2D eigenvalue weighted by atomic mass is 16.4. The molecule has 1 atom stereocenters. The molecule has 216 valence electrons. The van der Waals surface area contributed by atoms with Gasteiger partial charge in [-0.15, -0.1) is 0 Å². The first-order valence-corrected chi connectivity index (χ1v) is 14.6. The highest BCUT2D eigenvalue weighted by molar-refractivity contribution is 5.98. The molecule has 0 saturated heterocycles. The highest BCUT2D eigenvalue weighted by Crippen LogP contribution is 2.27. The summed E-state index contributed by atoms with van der Waals surface area (Å²) in [6, 6.07) is 9.86. The summed E-state index contributed by atoms with van der Waals surface area (Å²) in [7, 11) is 0. The number of hydrogen-bond donors (Lipinski definition) is 4. The second-order valence-electron chi connectivity index (χ2n) is 10.6. The topological polar surface area (TPSA) is 129 Å². The number of carbonyl (C=O) groups excluding carboxylic acids is 2. The Hall–Kier alpha value is -3.52. The standard InChI is InChI=1S/C32H43N3O5/c36-23-29(32(40)34-21-8-7-12-24-10-3-1-4-11-24)35-31(39)26-18-16-25(17-19-26)28(27-13-9-20-33-22-27)14-5-2-6-15-30(37)38/h9,13-14,16-20,22,24,29,36H,1-8,10-12,15,21,23H2,(H,34,40)(H,35,39)(H,37,38)/b28-14+/t29-/m0/s1. The van der Waals surface area contributed by atoms with Crippen LogP contribution < -0.4 is 10.6 Å². The monoisotopic (exact) mass is 549 g/mol. The Kier molecular flexibility index (Phi) is 13.4. The molecule has 0 radical (unpaired) electrons. The van der Waals surface area contributed by atoms with Crippen LogP contribution in [0.4, 0.5) is 0 Å². The number of rotatable bonds is 16. The van der Waals surface area contributed by atoms with Crippen molar-refractivity contribution in [3.05, 3.63) is 71.6 Å². The first kappa shape index (κ1) is 31.0. The molecule has 8 nitrogen and oxygen atoms in total. The lowest BCUT2D eigenvalue weighted by Gasteiger charge is -2.21. The van der Waals surface area contributed by atoms with Gasteiger partial charge in [-0.25, -0.2) is 0 Å². The van der Waals surface area contributed by atoms with E-state index in [2.05, 4.69) is 21.7 Å². The molecule has 1 aromatic heterocycles. The molecule has 0 spiro atoms. The molecule has 3 rings (SSSR count). The summed E-state index contributed by atoms with van der Waals surface area (Å²) in [5.41, 5.74) is 3.15. The zero-order valence-corrected chi connectivity index (χ0v) is 23.3. The lowest BCUT2D eigenvalue weighted by molar-refractivity contribution is -0.137. The predicted octanol–water partition coefficient (Wildman–Crippen LogP) is 5.12. The van der Waals surface area contributed by atoms with Crippen molar-refractivity contribution in [3.8, 4) is 0 Å². The summed E-state index contributed by atoms with van der Waals surface area (Å²) in [5, 5.41) is 24.1. The highest BCUT2D eigenvalue weighted by Gasteiger charge is 2.20. The van der Waals surface area contributed by atoms with Gasteiger partial charge in [-0.05, 0) is 60.9 Å². The molecule has 40 heavy (non-hydrogen) atoms. The first-order valence-electron chi connectivity index (χ1n) is 14.6. The number of nitrogens with one attached hydrogen (secondary N) is 2. The van der Waals surface area contributed by atoms with Gasteiger partial charge in [0.15, 0.2) is 0 Å². The van der Waals surface area contributed by atoms with Crippen LogP contribution in [0.5, 0.6) is 0 Å². The van der Waals surface area contributed by atoms with E-state index in [-0.39, 0.29) is 12.3 Å². The minimum atomic E-state index is -1.01. The lowest BCUT2D eigenvalue weighted by Crippen LogP contribution is -2.49. The van der Waals surface area contributed by atoms with Crippen molar-refractivity contribution in [2.24, 2.45) is 5.92 Å². The van der Waals surface area contributed by atoms with Crippen molar-refractivity contribution < 1.29 is 24.6 Å². The molecule has 4 N–H and O–H groups in total. The summed E-state index contributed by atoms with van der Waals surface area (Å²) in [6.07, 6.45) is 17.6. The molecular formula is C32H43N3O5. The number of aliphatic hydroxyl groups excluding tert-OH is 1. The number of benzene rings is 1. The SMILES string of the molecule is O=C(O)CCCC/C=C(\c1ccc(C(=O)N[C@@H](CO)C(=O)NCCCCC2CCCCC2)cc1)c1cccnc1. The van der Waals surface area contributed by atoms with E-state index in [9.17, 15) is 19.5 Å². The normalized spacial score (nSPS) is 14.9. The van der Waals surface area contributed by atoms with Crippen LogP contribution in [0, 0.1) is 5.92 Å². The van der Waals surface area contributed by atoms with Gasteiger partial charge in [-0.3, -0.25) is 19.4 Å². The maximum Gasteiger partial charge on any atom is 0.303 e. The Morgan fingerprint density at radius 3 is 2.38 bits per heavy atom. The van der Waals surface area contributed by atoms with Crippen LogP contribution >= 0.6 is 0 Å². The van der Waals surface area contributed by atoms with Crippen LogP contribution in [0.25, 0.3) is 5.57 Å². The van der Waals surface area contributed by atoms with Crippen LogP contribution in [0.1, 0.15) is 98.5 Å². The molecule has 1 saturated carbocycles. The number of allylic oxidation sites excluding steroid dienone is 1. The number of unbranched alkanes of at least 4 members (excludes halogenated alkanes) is 3. The van der Waals surface area contributed by atoms with Crippen LogP contribution in [-0.4, -0.2) is 52.2 Å². The summed E-state index contributed by atoms with van der Waals surface area (Å²) < 4.78 is 0. The minimum absolute atomic E-state index is 0.146. The Labute approximate surface area is 237 Å². The second-order valence-corrected chi connectivity index (χ2v) is 10.6. The van der Waals surface area contributed by atoms with E-state index in [0.717, 1.165) is 41.9 Å². The third-order valence-electron chi connectivity index (χ3n) is 7.49. The summed E-state index contributed by atoms with van der Waals surface area (Å²) in [4.78, 5) is 40.4. The van der Waals surface area contributed by atoms with Crippen LogP contribution in [0.3, 0.4) is 0 Å². The number of aliphatic hydroxyl groups is 1. The van der Waals surface area contributed by atoms with Gasteiger partial charge in [-0.1, -0.05) is 69.2 Å². The van der Waals surface area contributed by atoms with Gasteiger partial charge in [0.2, 0.25) is 5.91 Å². The minimum Gasteiger partial charge on any atom is -0.481 e. The zero-order valence-electron chi connectivity index (χ0n) is 23.3. The van der Waals surface area contributed by atoms with Crippen LogP contribution in [0.15, 0.2) is 54.9 Å². The molecule has 1 heterocycles. The molecule has 8 heteroatoms. The summed E-state index contributed by atoms with van der Waals surface area (Å²) >= 11 is 0. The Morgan fingerprint density at radius 1 is 0.950 bits per heavy atom. The molecule has 1 fully saturated rings. The van der Waals surface area contributed by atoms with E-state index in [0.29, 0.717) is 24.9 Å². The number of nitrogens with zero attached hydrogens (tertiary/aromatic N) is 1. The largest absolute Gasteiger partial charge is 0.481 e. The van der Waals surface area contributed by atoms with Crippen molar-refractivity contribution in [2.75, 3.05) is 13.2 Å². The zero-order chi connectivity index (χ0) is 28.6. The van der Waals surface area contributed by atoms with Crippen molar-refractivity contribution in [3.63, 3.8) is 0 Å². The molecule has 1 aromatic carbocycles. The molecule has 0 unspecified atom stereocenters. The average molecular weight is 550 g/mol. The fourth-order valence-corrected chi connectivity index (χ4v) is 5.20. The van der Waals surface area contributed by atoms with Gasteiger partial charge in [-0.2, -0.15) is 0 Å². The van der Waals surface area contributed by atoms with Gasteiger partial charge in [0, 0.05) is 36.5 Å². The average Bonchev–Trinajstić information content (AvgIpc) is 2.98. The lowest BCUT2D eigenvalue weighted by atomic mass is 9.86. The van der Waals surface area contributed by atoms with E-state index in [4.69, 9.17) is 5.11 Å². The smallest absolute Gasteiger partial charge is 0.303 e. The van der Waals surface area contributed by atoms with Crippen LogP contribution in [0.2, 0.25) is 0 Å². The van der Waals surface area contributed by atoms with Gasteiger partial charge < -0.3 is 20.8 Å². The van der Waals surface area contributed by atoms with E-state index >= 15 is 0 Å². The predicted molar refractivity (Wildman–Crippen MR) is 156 cm³/mol. The first-order chi connectivity index (χ1) is 19.5. The fraction of sp³-hybridized carbons (Fsp3) is 0.500. The van der Waals surface area contributed by atoms with Gasteiger partial charge in [0.05, 0.1) is 6.61 Å². The molecule has 1 aliphatic carbocycles. The number of carboxylic acids is 1. The van der Waals surface area contributed by atoms with Crippen LogP contribution in [-0.2, 0) is 9.59 Å². The number of carbonyl (C=O) groups is 3. The quantitative estimate of drug-likeness (QED) is 0.215. The van der Waals surface area contributed by atoms with Gasteiger partial charge >= 0.3 is 5.97 Å². The number of carboxylic acid groups (broad SMARTS) is 1. The number of aromatic nitrogens is 1. The van der Waals surface area contributed by atoms with Gasteiger partial charge in [0.25, 0.3) is 5.91 Å². The summed E-state index contributed by atoms with van der Waals surface area (Å²) in [5.74, 6) is -0.787. The Morgan fingerprint density at radius 2 is 1.70 bits per heavy atom. The molecule has 0 bridgehead atoms. The molecule has 0 aliphatic heterocycles. The Balaban J connectivity index is 1.52. The van der Waals surface area contributed by atoms with E-state index in [1.807, 2.05) is 24.3 Å². The number of amides is 2. The Bertz CT molecular complexity index is 1100.